The molecule has 0 aliphatic heterocycles. The number of rotatable bonds is 4. The number of carbonyl (C=O) groups is 1. The molecule has 21 heavy (non-hydrogen) atoms. The third-order valence-corrected chi connectivity index (χ3v) is 3.78. The molecule has 0 bridgehead atoms. The third-order valence-electron chi connectivity index (χ3n) is 3.06. The Bertz CT molecular complexity index is 667. The summed E-state index contributed by atoms with van der Waals surface area (Å²) >= 11 is 12.3. The first-order chi connectivity index (χ1) is 9.92. The summed E-state index contributed by atoms with van der Waals surface area (Å²) in [4.78, 5) is 11.4. The van der Waals surface area contributed by atoms with Crippen molar-refractivity contribution in [2.24, 2.45) is 0 Å². The standard InChI is InChI=1S/C15H15Cl2NO3/c1-8-6-11(17)12(7-10(8)16)18-9(2)13-4-5-14(21-13)15(19)20-3/h4-7,9,18H,1-3H3. The van der Waals surface area contributed by atoms with Gasteiger partial charge in [-0.05, 0) is 43.7 Å². The molecule has 0 radical (unpaired) electrons. The van der Waals surface area contributed by atoms with Crippen LogP contribution in [0.2, 0.25) is 10.0 Å². The van der Waals surface area contributed by atoms with Crippen LogP contribution in [0.3, 0.4) is 0 Å². The number of anilines is 1. The van der Waals surface area contributed by atoms with Crippen LogP contribution >= 0.6 is 23.2 Å². The number of ether oxygens (including phenoxy) is 1. The van der Waals surface area contributed by atoms with Gasteiger partial charge in [-0.15, -0.1) is 0 Å². The van der Waals surface area contributed by atoms with Crippen LogP contribution in [0.1, 0.15) is 34.8 Å². The van der Waals surface area contributed by atoms with Gasteiger partial charge in [-0.2, -0.15) is 0 Å². The molecule has 0 amide bonds. The molecule has 0 aliphatic carbocycles. The maximum Gasteiger partial charge on any atom is 0.373 e. The number of hydrogen-bond donors (Lipinski definition) is 1. The molecule has 2 aromatic rings. The van der Waals surface area contributed by atoms with Gasteiger partial charge in [0.25, 0.3) is 0 Å². The van der Waals surface area contributed by atoms with Crippen molar-refractivity contribution < 1.29 is 13.9 Å². The Labute approximate surface area is 133 Å². The highest BCUT2D eigenvalue weighted by molar-refractivity contribution is 6.35. The Morgan fingerprint density at radius 1 is 1.29 bits per heavy atom. The maximum absolute atomic E-state index is 11.4. The quantitative estimate of drug-likeness (QED) is 0.815. The SMILES string of the molecule is COC(=O)c1ccc(C(C)Nc2cc(Cl)c(C)cc2Cl)o1. The molecule has 2 rings (SSSR count). The molecule has 1 atom stereocenters. The van der Waals surface area contributed by atoms with E-state index in [2.05, 4.69) is 10.1 Å². The van der Waals surface area contributed by atoms with Crippen molar-refractivity contribution in [2.45, 2.75) is 19.9 Å². The Balaban J connectivity index is 2.18. The van der Waals surface area contributed by atoms with Crippen molar-refractivity contribution in [1.82, 2.24) is 0 Å². The van der Waals surface area contributed by atoms with E-state index in [9.17, 15) is 4.79 Å². The minimum Gasteiger partial charge on any atom is -0.463 e. The number of methoxy groups -OCH3 is 1. The van der Waals surface area contributed by atoms with E-state index in [1.165, 1.54) is 7.11 Å². The smallest absolute Gasteiger partial charge is 0.373 e. The predicted octanol–water partition coefficient (Wildman–Crippen LogP) is 4.85. The zero-order valence-corrected chi connectivity index (χ0v) is 13.4. The molecule has 0 aliphatic rings. The van der Waals surface area contributed by atoms with E-state index in [0.29, 0.717) is 21.5 Å². The lowest BCUT2D eigenvalue weighted by Crippen LogP contribution is -2.06. The minimum atomic E-state index is -0.509. The van der Waals surface area contributed by atoms with E-state index in [4.69, 9.17) is 27.6 Å². The molecule has 0 saturated heterocycles. The van der Waals surface area contributed by atoms with Gasteiger partial charge in [0.05, 0.1) is 23.9 Å². The van der Waals surface area contributed by atoms with Crippen LogP contribution in [0.5, 0.6) is 0 Å². The monoisotopic (exact) mass is 327 g/mol. The highest BCUT2D eigenvalue weighted by Crippen LogP contribution is 2.31. The molecule has 0 fully saturated rings. The van der Waals surface area contributed by atoms with Gasteiger partial charge in [-0.1, -0.05) is 23.2 Å². The van der Waals surface area contributed by atoms with E-state index in [1.54, 1.807) is 24.3 Å². The molecule has 112 valence electrons. The van der Waals surface area contributed by atoms with Gasteiger partial charge in [-0.25, -0.2) is 4.79 Å². The molecule has 6 heteroatoms. The average Bonchev–Trinajstić information content (AvgIpc) is 2.93. The fourth-order valence-electron chi connectivity index (χ4n) is 1.86. The van der Waals surface area contributed by atoms with Gasteiger partial charge in [0.1, 0.15) is 5.76 Å². The van der Waals surface area contributed by atoms with Crippen LogP contribution in [0.15, 0.2) is 28.7 Å². The first-order valence-electron chi connectivity index (χ1n) is 6.32. The van der Waals surface area contributed by atoms with E-state index in [1.807, 2.05) is 13.8 Å². The molecule has 1 unspecified atom stereocenters. The van der Waals surface area contributed by atoms with Gasteiger partial charge in [0.15, 0.2) is 0 Å². The molecule has 0 saturated carbocycles. The Hall–Kier alpha value is -1.65. The van der Waals surface area contributed by atoms with E-state index < -0.39 is 5.97 Å². The molecular formula is C15H15Cl2NO3. The molecule has 1 N–H and O–H groups in total. The number of furan rings is 1. The van der Waals surface area contributed by atoms with Crippen LogP contribution in [-0.4, -0.2) is 13.1 Å². The number of hydrogen-bond acceptors (Lipinski definition) is 4. The van der Waals surface area contributed by atoms with Crippen molar-refractivity contribution in [2.75, 3.05) is 12.4 Å². The second-order valence-corrected chi connectivity index (χ2v) is 5.46. The first kappa shape index (κ1) is 15.7. The zero-order chi connectivity index (χ0) is 15.6. The van der Waals surface area contributed by atoms with Crippen molar-refractivity contribution >= 4 is 34.9 Å². The summed E-state index contributed by atoms with van der Waals surface area (Å²) in [5.74, 6) is 0.252. The maximum atomic E-state index is 11.4. The Morgan fingerprint density at radius 3 is 2.67 bits per heavy atom. The van der Waals surface area contributed by atoms with Crippen LogP contribution in [0.4, 0.5) is 5.69 Å². The van der Waals surface area contributed by atoms with Gasteiger partial charge < -0.3 is 14.5 Å². The molecular weight excluding hydrogens is 313 g/mol. The number of aryl methyl sites for hydroxylation is 1. The van der Waals surface area contributed by atoms with Gasteiger partial charge in [-0.3, -0.25) is 0 Å². The predicted molar refractivity (Wildman–Crippen MR) is 83.3 cm³/mol. The zero-order valence-electron chi connectivity index (χ0n) is 11.9. The first-order valence-corrected chi connectivity index (χ1v) is 7.08. The second-order valence-electron chi connectivity index (χ2n) is 4.64. The molecule has 1 aromatic carbocycles. The topological polar surface area (TPSA) is 51.5 Å². The number of nitrogens with one attached hydrogen (secondary N) is 1. The largest absolute Gasteiger partial charge is 0.463 e. The number of esters is 1. The van der Waals surface area contributed by atoms with Crippen molar-refractivity contribution in [3.63, 3.8) is 0 Å². The van der Waals surface area contributed by atoms with Gasteiger partial charge in [0.2, 0.25) is 5.76 Å². The summed E-state index contributed by atoms with van der Waals surface area (Å²) in [6.45, 7) is 3.78. The molecule has 1 heterocycles. The molecule has 1 aromatic heterocycles. The minimum absolute atomic E-state index is 0.161. The van der Waals surface area contributed by atoms with Crippen molar-refractivity contribution in [3.05, 3.63) is 51.4 Å². The second kappa shape index (κ2) is 6.41. The number of carbonyl (C=O) groups excluding carboxylic acids is 1. The highest BCUT2D eigenvalue weighted by Gasteiger charge is 2.16. The van der Waals surface area contributed by atoms with E-state index >= 15 is 0 Å². The van der Waals surface area contributed by atoms with Gasteiger partial charge in [0, 0.05) is 5.02 Å². The lowest BCUT2D eigenvalue weighted by atomic mass is 10.2. The fourth-order valence-corrected chi connectivity index (χ4v) is 2.29. The van der Waals surface area contributed by atoms with Crippen LogP contribution in [0, 0.1) is 6.92 Å². The van der Waals surface area contributed by atoms with E-state index in [-0.39, 0.29) is 11.8 Å². The summed E-state index contributed by atoms with van der Waals surface area (Å²) in [7, 11) is 1.31. The fraction of sp³-hybridized carbons (Fsp3) is 0.267. The Kier molecular flexibility index (Phi) is 4.80. The number of halogens is 2. The third kappa shape index (κ3) is 3.52. The lowest BCUT2D eigenvalue weighted by Gasteiger charge is -2.15. The lowest BCUT2D eigenvalue weighted by molar-refractivity contribution is 0.0562. The Morgan fingerprint density at radius 2 is 2.00 bits per heavy atom. The van der Waals surface area contributed by atoms with Gasteiger partial charge >= 0.3 is 5.97 Å². The molecule has 4 nitrogen and oxygen atoms in total. The summed E-state index contributed by atoms with van der Waals surface area (Å²) in [6.07, 6.45) is 0. The van der Waals surface area contributed by atoms with Crippen LogP contribution < -0.4 is 5.32 Å². The summed E-state index contributed by atoms with van der Waals surface area (Å²) in [6, 6.07) is 6.66. The average molecular weight is 328 g/mol. The summed E-state index contributed by atoms with van der Waals surface area (Å²) in [5, 5.41) is 4.40. The van der Waals surface area contributed by atoms with E-state index in [0.717, 1.165) is 5.56 Å². The normalized spacial score (nSPS) is 12.0. The van der Waals surface area contributed by atoms with Crippen LogP contribution in [0.25, 0.3) is 0 Å². The summed E-state index contributed by atoms with van der Waals surface area (Å²) < 4.78 is 10.1. The number of benzene rings is 1. The highest BCUT2D eigenvalue weighted by atomic mass is 35.5. The summed E-state index contributed by atoms with van der Waals surface area (Å²) in [5.41, 5.74) is 1.61. The van der Waals surface area contributed by atoms with Crippen LogP contribution in [-0.2, 0) is 4.74 Å². The van der Waals surface area contributed by atoms with Crippen molar-refractivity contribution in [1.29, 1.82) is 0 Å². The molecule has 0 spiro atoms. The van der Waals surface area contributed by atoms with Crippen molar-refractivity contribution in [3.8, 4) is 0 Å².